The van der Waals surface area contributed by atoms with Crippen molar-refractivity contribution in [2.24, 2.45) is 0 Å². The Morgan fingerprint density at radius 3 is 2.77 bits per heavy atom. The van der Waals surface area contributed by atoms with Crippen molar-refractivity contribution >= 4 is 5.82 Å². The Bertz CT molecular complexity index is 279. The van der Waals surface area contributed by atoms with E-state index in [4.69, 9.17) is 0 Å². The van der Waals surface area contributed by atoms with E-state index >= 15 is 0 Å². The predicted octanol–water partition coefficient (Wildman–Crippen LogP) is 0.814. The summed E-state index contributed by atoms with van der Waals surface area (Å²) in [5, 5.41) is 4.31. The molecule has 0 aromatic carbocycles. The van der Waals surface area contributed by atoms with Gasteiger partial charge in [0.25, 0.3) is 0 Å². The van der Waals surface area contributed by atoms with E-state index in [0.29, 0.717) is 0 Å². The SMILES string of the molecule is Cc1ccnc(N2CC[N]CC2)c1. The molecule has 0 N–H and O–H groups in total. The first-order valence-corrected chi connectivity index (χ1v) is 4.67. The summed E-state index contributed by atoms with van der Waals surface area (Å²) in [6, 6.07) is 4.16. The molecule has 1 aromatic rings. The van der Waals surface area contributed by atoms with Crippen molar-refractivity contribution in [1.29, 1.82) is 0 Å². The third kappa shape index (κ3) is 1.98. The lowest BCUT2D eigenvalue weighted by molar-refractivity contribution is 0.575. The highest BCUT2D eigenvalue weighted by atomic mass is 15.2. The number of pyridine rings is 1. The number of aryl methyl sites for hydroxylation is 1. The number of hydrogen-bond acceptors (Lipinski definition) is 2. The zero-order chi connectivity index (χ0) is 9.10. The highest BCUT2D eigenvalue weighted by molar-refractivity contribution is 5.41. The zero-order valence-electron chi connectivity index (χ0n) is 7.90. The minimum Gasteiger partial charge on any atom is -0.354 e. The van der Waals surface area contributed by atoms with Gasteiger partial charge in [-0.05, 0) is 24.6 Å². The molecule has 0 atom stereocenters. The van der Waals surface area contributed by atoms with Crippen LogP contribution in [0.5, 0.6) is 0 Å². The highest BCUT2D eigenvalue weighted by Crippen LogP contribution is 2.12. The van der Waals surface area contributed by atoms with E-state index in [0.717, 1.165) is 32.0 Å². The molecule has 3 nitrogen and oxygen atoms in total. The summed E-state index contributed by atoms with van der Waals surface area (Å²) in [7, 11) is 0. The van der Waals surface area contributed by atoms with Crippen LogP contribution in [0.25, 0.3) is 0 Å². The average molecular weight is 176 g/mol. The minimum atomic E-state index is 0.940. The molecule has 2 rings (SSSR count). The van der Waals surface area contributed by atoms with Crippen molar-refractivity contribution in [2.45, 2.75) is 6.92 Å². The molecule has 69 valence electrons. The first-order valence-electron chi connectivity index (χ1n) is 4.67. The highest BCUT2D eigenvalue weighted by Gasteiger charge is 2.11. The monoisotopic (exact) mass is 176 g/mol. The third-order valence-electron chi connectivity index (χ3n) is 2.28. The normalized spacial score (nSPS) is 17.5. The Labute approximate surface area is 78.8 Å². The number of rotatable bonds is 1. The van der Waals surface area contributed by atoms with Gasteiger partial charge in [-0.25, -0.2) is 10.3 Å². The maximum absolute atomic E-state index is 4.35. The Hall–Kier alpha value is -1.09. The minimum absolute atomic E-state index is 0.940. The van der Waals surface area contributed by atoms with E-state index in [9.17, 15) is 0 Å². The summed E-state index contributed by atoms with van der Waals surface area (Å²) in [4.78, 5) is 6.64. The summed E-state index contributed by atoms with van der Waals surface area (Å²) in [6.45, 7) is 6.00. The smallest absolute Gasteiger partial charge is 0.128 e. The molecule has 0 amide bonds. The number of anilines is 1. The fourth-order valence-corrected chi connectivity index (χ4v) is 1.53. The van der Waals surface area contributed by atoms with Gasteiger partial charge >= 0.3 is 0 Å². The number of hydrogen-bond donors (Lipinski definition) is 0. The van der Waals surface area contributed by atoms with Crippen LogP contribution in [0.15, 0.2) is 18.3 Å². The lowest BCUT2D eigenvalue weighted by Crippen LogP contribution is -2.40. The van der Waals surface area contributed by atoms with E-state index in [1.165, 1.54) is 5.56 Å². The second kappa shape index (κ2) is 3.75. The van der Waals surface area contributed by atoms with E-state index in [1.54, 1.807) is 0 Å². The van der Waals surface area contributed by atoms with Crippen LogP contribution in [0.2, 0.25) is 0 Å². The molecular formula is C10H14N3. The number of piperazine rings is 1. The van der Waals surface area contributed by atoms with Crippen molar-refractivity contribution < 1.29 is 0 Å². The van der Waals surface area contributed by atoms with Gasteiger partial charge in [0, 0.05) is 32.4 Å². The summed E-state index contributed by atoms with van der Waals surface area (Å²) in [5.74, 6) is 1.09. The van der Waals surface area contributed by atoms with Gasteiger partial charge in [-0.1, -0.05) is 0 Å². The lowest BCUT2D eigenvalue weighted by Gasteiger charge is -2.27. The topological polar surface area (TPSA) is 30.2 Å². The molecule has 0 bridgehead atoms. The van der Waals surface area contributed by atoms with E-state index in [1.807, 2.05) is 12.3 Å². The fourth-order valence-electron chi connectivity index (χ4n) is 1.53. The average Bonchev–Trinajstić information content (AvgIpc) is 2.19. The van der Waals surface area contributed by atoms with Gasteiger partial charge in [0.1, 0.15) is 5.82 Å². The summed E-state index contributed by atoms with van der Waals surface area (Å²) in [5.41, 5.74) is 1.27. The zero-order valence-corrected chi connectivity index (χ0v) is 7.90. The number of nitrogens with zero attached hydrogens (tertiary/aromatic N) is 3. The second-order valence-electron chi connectivity index (χ2n) is 3.35. The molecule has 3 heteroatoms. The van der Waals surface area contributed by atoms with E-state index in [2.05, 4.69) is 28.2 Å². The molecule has 1 aliphatic rings. The van der Waals surface area contributed by atoms with Gasteiger partial charge in [-0.2, -0.15) is 0 Å². The molecule has 13 heavy (non-hydrogen) atoms. The van der Waals surface area contributed by atoms with Crippen LogP contribution in [-0.4, -0.2) is 31.2 Å². The molecule has 1 radical (unpaired) electrons. The van der Waals surface area contributed by atoms with Crippen molar-refractivity contribution in [3.05, 3.63) is 23.9 Å². The molecule has 0 aliphatic carbocycles. The van der Waals surface area contributed by atoms with Gasteiger partial charge in [-0.3, -0.25) is 0 Å². The summed E-state index contributed by atoms with van der Waals surface area (Å²) < 4.78 is 0. The first kappa shape index (κ1) is 8.51. The van der Waals surface area contributed by atoms with Crippen molar-refractivity contribution in [3.8, 4) is 0 Å². The molecule has 0 spiro atoms. The fraction of sp³-hybridized carbons (Fsp3) is 0.500. The van der Waals surface area contributed by atoms with Crippen LogP contribution in [0, 0.1) is 6.92 Å². The Kier molecular flexibility index (Phi) is 2.45. The van der Waals surface area contributed by atoms with E-state index < -0.39 is 0 Å². The van der Waals surface area contributed by atoms with Crippen LogP contribution >= 0.6 is 0 Å². The van der Waals surface area contributed by atoms with Crippen LogP contribution in [0.3, 0.4) is 0 Å². The molecule has 2 heterocycles. The van der Waals surface area contributed by atoms with Crippen LogP contribution < -0.4 is 10.2 Å². The Morgan fingerprint density at radius 2 is 2.08 bits per heavy atom. The van der Waals surface area contributed by atoms with Crippen LogP contribution in [0.4, 0.5) is 5.82 Å². The van der Waals surface area contributed by atoms with Gasteiger partial charge in [0.15, 0.2) is 0 Å². The standard InChI is InChI=1S/C10H14N3/c1-9-2-3-12-10(8-9)13-6-4-11-5-7-13/h2-3,8H,4-7H2,1H3. The lowest BCUT2D eigenvalue weighted by atomic mass is 10.2. The molecule has 1 aliphatic heterocycles. The molecule has 1 saturated heterocycles. The van der Waals surface area contributed by atoms with Crippen molar-refractivity contribution in [2.75, 3.05) is 31.1 Å². The second-order valence-corrected chi connectivity index (χ2v) is 3.35. The van der Waals surface area contributed by atoms with Gasteiger partial charge in [0.05, 0.1) is 0 Å². The number of aromatic nitrogens is 1. The Balaban J connectivity index is 2.14. The quantitative estimate of drug-likeness (QED) is 0.634. The molecule has 1 fully saturated rings. The molecule has 0 saturated carbocycles. The maximum atomic E-state index is 4.35. The predicted molar refractivity (Wildman–Crippen MR) is 53.1 cm³/mol. The van der Waals surface area contributed by atoms with Crippen LogP contribution in [-0.2, 0) is 0 Å². The third-order valence-corrected chi connectivity index (χ3v) is 2.28. The molecule has 1 aromatic heterocycles. The van der Waals surface area contributed by atoms with Gasteiger partial charge in [-0.15, -0.1) is 0 Å². The van der Waals surface area contributed by atoms with Gasteiger partial charge in [0.2, 0.25) is 0 Å². The van der Waals surface area contributed by atoms with E-state index in [-0.39, 0.29) is 0 Å². The first-order chi connectivity index (χ1) is 6.36. The molecule has 0 unspecified atom stereocenters. The maximum Gasteiger partial charge on any atom is 0.128 e. The van der Waals surface area contributed by atoms with Gasteiger partial charge < -0.3 is 4.90 Å². The van der Waals surface area contributed by atoms with Crippen molar-refractivity contribution in [3.63, 3.8) is 0 Å². The van der Waals surface area contributed by atoms with Crippen LogP contribution in [0.1, 0.15) is 5.56 Å². The molecular weight excluding hydrogens is 162 g/mol. The summed E-state index contributed by atoms with van der Waals surface area (Å²) in [6.07, 6.45) is 1.87. The summed E-state index contributed by atoms with van der Waals surface area (Å²) >= 11 is 0. The Morgan fingerprint density at radius 1 is 1.31 bits per heavy atom. The largest absolute Gasteiger partial charge is 0.354 e. The van der Waals surface area contributed by atoms with Crippen molar-refractivity contribution in [1.82, 2.24) is 10.3 Å².